The van der Waals surface area contributed by atoms with Gasteiger partial charge in [-0.3, -0.25) is 4.79 Å². The first-order valence-electron chi connectivity index (χ1n) is 9.97. The maximum Gasteiger partial charge on any atom is 0.247 e. The monoisotopic (exact) mass is 412 g/mol. The number of aryl methyl sites for hydroxylation is 2. The number of carbonyl (C=O) groups is 1. The van der Waals surface area contributed by atoms with E-state index in [0.717, 1.165) is 24.9 Å². The molecule has 1 saturated heterocycles. The summed E-state index contributed by atoms with van der Waals surface area (Å²) in [7, 11) is -3.47. The molecule has 1 aliphatic rings. The Morgan fingerprint density at radius 3 is 2.41 bits per heavy atom. The molecule has 1 heterocycles. The molecule has 6 heteroatoms. The average Bonchev–Trinajstić information content (AvgIpc) is 3.16. The molecule has 0 radical (unpaired) electrons. The first kappa shape index (κ1) is 21.3. The molecule has 3 rings (SSSR count). The highest BCUT2D eigenvalue weighted by Gasteiger charge is 2.28. The minimum atomic E-state index is -3.47. The van der Waals surface area contributed by atoms with Crippen molar-refractivity contribution in [2.45, 2.75) is 44.6 Å². The van der Waals surface area contributed by atoms with E-state index in [1.165, 1.54) is 16.7 Å². The largest absolute Gasteiger partial charge is 0.332 e. The van der Waals surface area contributed by atoms with Crippen LogP contribution in [-0.4, -0.2) is 32.3 Å². The fourth-order valence-corrected chi connectivity index (χ4v) is 4.92. The summed E-state index contributed by atoms with van der Waals surface area (Å²) < 4.78 is 26.5. The number of nitrogens with zero attached hydrogens (tertiary/aromatic N) is 1. The number of nitrogens with one attached hydrogen (secondary N) is 1. The summed E-state index contributed by atoms with van der Waals surface area (Å²) in [5.74, 6) is -0.0176. The van der Waals surface area contributed by atoms with Crippen molar-refractivity contribution in [3.8, 4) is 0 Å². The van der Waals surface area contributed by atoms with Crippen molar-refractivity contribution in [3.63, 3.8) is 0 Å². The van der Waals surface area contributed by atoms with Gasteiger partial charge in [-0.25, -0.2) is 13.1 Å². The van der Waals surface area contributed by atoms with Gasteiger partial charge >= 0.3 is 0 Å². The van der Waals surface area contributed by atoms with Crippen molar-refractivity contribution < 1.29 is 13.2 Å². The van der Waals surface area contributed by atoms with E-state index in [9.17, 15) is 13.2 Å². The Bertz CT molecular complexity index is 991. The lowest BCUT2D eigenvalue weighted by Crippen LogP contribution is -2.29. The molecule has 0 bridgehead atoms. The van der Waals surface area contributed by atoms with Crippen LogP contribution >= 0.6 is 0 Å². The van der Waals surface area contributed by atoms with Crippen LogP contribution < -0.4 is 4.72 Å². The molecule has 1 amide bonds. The summed E-state index contributed by atoms with van der Waals surface area (Å²) >= 11 is 0. The number of hydrogen-bond donors (Lipinski definition) is 1. The van der Waals surface area contributed by atoms with Gasteiger partial charge in [0.05, 0.1) is 10.9 Å². The zero-order valence-corrected chi connectivity index (χ0v) is 18.0. The summed E-state index contributed by atoms with van der Waals surface area (Å²) in [6.07, 6.45) is 5.28. The molecule has 1 fully saturated rings. The second-order valence-corrected chi connectivity index (χ2v) is 9.28. The average molecular weight is 413 g/mol. The van der Waals surface area contributed by atoms with Gasteiger partial charge < -0.3 is 4.90 Å². The standard InChI is InChI=1S/C23H28N2O3S/c1-4-24-29(27,28)21-10-7-19(8-11-21)9-12-23(26)25-13-5-6-22(25)20-15-17(2)14-18(3)16-20/h7-12,14-16,22,24H,4-6,13H2,1-3H3/b12-9+. The lowest BCUT2D eigenvalue weighted by molar-refractivity contribution is -0.126. The van der Waals surface area contributed by atoms with Gasteiger partial charge in [0.15, 0.2) is 0 Å². The first-order chi connectivity index (χ1) is 13.8. The van der Waals surface area contributed by atoms with Gasteiger partial charge in [0.1, 0.15) is 0 Å². The summed E-state index contributed by atoms with van der Waals surface area (Å²) in [6.45, 7) is 7.00. The van der Waals surface area contributed by atoms with Crippen molar-refractivity contribution in [3.05, 3.63) is 70.8 Å². The van der Waals surface area contributed by atoms with Crippen LogP contribution in [0.1, 0.15) is 48.1 Å². The van der Waals surface area contributed by atoms with Gasteiger partial charge in [-0.1, -0.05) is 48.4 Å². The molecular weight excluding hydrogens is 384 g/mol. The highest BCUT2D eigenvalue weighted by atomic mass is 32.2. The van der Waals surface area contributed by atoms with Gasteiger partial charge in [0.25, 0.3) is 0 Å². The molecule has 2 aromatic carbocycles. The summed E-state index contributed by atoms with van der Waals surface area (Å²) in [6, 6.07) is 13.1. The topological polar surface area (TPSA) is 66.5 Å². The van der Waals surface area contributed by atoms with Gasteiger partial charge in [-0.05, 0) is 56.0 Å². The van der Waals surface area contributed by atoms with E-state index in [2.05, 4.69) is 36.8 Å². The minimum Gasteiger partial charge on any atom is -0.332 e. The number of benzene rings is 2. The number of rotatable bonds is 6. The van der Waals surface area contributed by atoms with E-state index in [1.54, 1.807) is 43.3 Å². The predicted octanol–water partition coefficient (Wildman–Crippen LogP) is 3.98. The van der Waals surface area contributed by atoms with Crippen LogP contribution in [0.25, 0.3) is 6.08 Å². The van der Waals surface area contributed by atoms with E-state index < -0.39 is 10.0 Å². The molecule has 1 aliphatic heterocycles. The summed E-state index contributed by atoms with van der Waals surface area (Å²) in [5, 5.41) is 0. The van der Waals surface area contributed by atoms with Crippen LogP contribution in [0.4, 0.5) is 0 Å². The zero-order chi connectivity index (χ0) is 21.0. The molecule has 0 spiro atoms. The minimum absolute atomic E-state index is 0.0176. The Balaban J connectivity index is 1.73. The SMILES string of the molecule is CCNS(=O)(=O)c1ccc(/C=C/C(=O)N2CCCC2c2cc(C)cc(C)c2)cc1. The number of likely N-dealkylation sites (tertiary alicyclic amines) is 1. The van der Waals surface area contributed by atoms with E-state index >= 15 is 0 Å². The molecule has 1 unspecified atom stereocenters. The van der Waals surface area contributed by atoms with Gasteiger partial charge in [0.2, 0.25) is 15.9 Å². The van der Waals surface area contributed by atoms with Crippen LogP contribution in [0.2, 0.25) is 0 Å². The van der Waals surface area contributed by atoms with Gasteiger partial charge in [0, 0.05) is 19.2 Å². The summed E-state index contributed by atoms with van der Waals surface area (Å²) in [5.41, 5.74) is 4.40. The fraction of sp³-hybridized carbons (Fsp3) is 0.348. The van der Waals surface area contributed by atoms with Gasteiger partial charge in [-0.2, -0.15) is 0 Å². The van der Waals surface area contributed by atoms with E-state index in [1.807, 2.05) is 4.90 Å². The second kappa shape index (κ2) is 8.93. The first-order valence-corrected chi connectivity index (χ1v) is 11.4. The smallest absolute Gasteiger partial charge is 0.247 e. The molecule has 1 N–H and O–H groups in total. The fourth-order valence-electron chi connectivity index (χ4n) is 3.87. The lowest BCUT2D eigenvalue weighted by Gasteiger charge is -2.24. The Labute approximate surface area is 173 Å². The third kappa shape index (κ3) is 5.14. The predicted molar refractivity (Wildman–Crippen MR) is 116 cm³/mol. The lowest BCUT2D eigenvalue weighted by atomic mass is 9.99. The van der Waals surface area contributed by atoms with Gasteiger partial charge in [-0.15, -0.1) is 0 Å². The molecule has 29 heavy (non-hydrogen) atoms. The van der Waals surface area contributed by atoms with Crippen LogP contribution in [0.5, 0.6) is 0 Å². The Kier molecular flexibility index (Phi) is 6.55. The highest BCUT2D eigenvalue weighted by Crippen LogP contribution is 2.33. The molecular formula is C23H28N2O3S. The Hall–Kier alpha value is -2.44. The third-order valence-corrected chi connectivity index (χ3v) is 6.67. The third-order valence-electron chi connectivity index (χ3n) is 5.11. The number of hydrogen-bond acceptors (Lipinski definition) is 3. The molecule has 0 saturated carbocycles. The molecule has 154 valence electrons. The van der Waals surface area contributed by atoms with Crippen molar-refractivity contribution >= 4 is 22.0 Å². The van der Waals surface area contributed by atoms with Crippen molar-refractivity contribution in [1.82, 2.24) is 9.62 Å². The number of amides is 1. The quantitative estimate of drug-likeness (QED) is 0.730. The molecule has 0 aromatic heterocycles. The van der Waals surface area contributed by atoms with Crippen molar-refractivity contribution in [1.29, 1.82) is 0 Å². The van der Waals surface area contributed by atoms with Crippen molar-refractivity contribution in [2.24, 2.45) is 0 Å². The van der Waals surface area contributed by atoms with Crippen LogP contribution in [0.3, 0.4) is 0 Å². The summed E-state index contributed by atoms with van der Waals surface area (Å²) in [4.78, 5) is 15.0. The second-order valence-electron chi connectivity index (χ2n) is 7.51. The number of carbonyl (C=O) groups excluding carboxylic acids is 1. The molecule has 5 nitrogen and oxygen atoms in total. The Morgan fingerprint density at radius 1 is 1.14 bits per heavy atom. The molecule has 1 atom stereocenters. The maximum absolute atomic E-state index is 12.8. The zero-order valence-electron chi connectivity index (χ0n) is 17.2. The van der Waals surface area contributed by atoms with Crippen LogP contribution in [0, 0.1) is 13.8 Å². The normalized spacial score (nSPS) is 17.2. The number of sulfonamides is 1. The highest BCUT2D eigenvalue weighted by molar-refractivity contribution is 7.89. The maximum atomic E-state index is 12.8. The van der Waals surface area contributed by atoms with E-state index in [-0.39, 0.29) is 16.8 Å². The van der Waals surface area contributed by atoms with E-state index in [0.29, 0.717) is 6.54 Å². The van der Waals surface area contributed by atoms with Crippen LogP contribution in [-0.2, 0) is 14.8 Å². The Morgan fingerprint density at radius 2 is 1.79 bits per heavy atom. The van der Waals surface area contributed by atoms with Crippen LogP contribution in [0.15, 0.2) is 53.4 Å². The van der Waals surface area contributed by atoms with E-state index in [4.69, 9.17) is 0 Å². The van der Waals surface area contributed by atoms with Crippen molar-refractivity contribution in [2.75, 3.05) is 13.1 Å². The molecule has 0 aliphatic carbocycles. The molecule has 2 aromatic rings.